The predicted molar refractivity (Wildman–Crippen MR) is 133 cm³/mol. The van der Waals surface area contributed by atoms with Crippen LogP contribution in [0, 0.1) is 11.8 Å². The molecule has 2 saturated heterocycles. The number of fused-ring (bicyclic) bond motifs is 2. The maximum absolute atomic E-state index is 14.2. The minimum atomic E-state index is -1.25. The van der Waals surface area contributed by atoms with Crippen LogP contribution in [0.3, 0.4) is 0 Å². The van der Waals surface area contributed by atoms with Crippen LogP contribution < -0.4 is 0 Å². The van der Waals surface area contributed by atoms with Crippen molar-refractivity contribution in [3.05, 3.63) is 60.2 Å². The van der Waals surface area contributed by atoms with Crippen molar-refractivity contribution in [3.8, 4) is 0 Å². The molecule has 3 amide bonds. The van der Waals surface area contributed by atoms with E-state index < -0.39 is 29.1 Å². The van der Waals surface area contributed by atoms with Crippen LogP contribution in [0.5, 0.6) is 0 Å². The summed E-state index contributed by atoms with van der Waals surface area (Å²) in [5, 5.41) is 9.53. The molecule has 0 radical (unpaired) electrons. The van der Waals surface area contributed by atoms with E-state index >= 15 is 0 Å². The van der Waals surface area contributed by atoms with Crippen molar-refractivity contribution in [2.75, 3.05) is 32.8 Å². The molecule has 36 heavy (non-hydrogen) atoms. The van der Waals surface area contributed by atoms with Crippen molar-refractivity contribution < 1.29 is 24.2 Å². The van der Waals surface area contributed by atoms with Crippen LogP contribution in [0.2, 0.25) is 0 Å². The first-order valence-electron chi connectivity index (χ1n) is 12.9. The predicted octanol–water partition coefficient (Wildman–Crippen LogP) is 1.75. The molecule has 1 aromatic rings. The van der Waals surface area contributed by atoms with Gasteiger partial charge in [-0.15, -0.1) is 0 Å². The van der Waals surface area contributed by atoms with Gasteiger partial charge in [-0.3, -0.25) is 14.4 Å². The van der Waals surface area contributed by atoms with E-state index in [1.807, 2.05) is 68.5 Å². The number of hydrogen-bond acceptors (Lipinski definition) is 5. The van der Waals surface area contributed by atoms with Crippen LogP contribution in [0.15, 0.2) is 54.6 Å². The third-order valence-electron chi connectivity index (χ3n) is 7.99. The fraction of sp³-hybridized carbons (Fsp3) is 0.536. The summed E-state index contributed by atoms with van der Waals surface area (Å²) in [6, 6.07) is 8.86. The number of ether oxygens (including phenoxy) is 1. The van der Waals surface area contributed by atoms with Gasteiger partial charge in [0.2, 0.25) is 17.7 Å². The summed E-state index contributed by atoms with van der Waals surface area (Å²) in [5.74, 6) is -2.08. The van der Waals surface area contributed by atoms with Gasteiger partial charge in [0, 0.05) is 39.3 Å². The highest BCUT2D eigenvalue weighted by atomic mass is 16.5. The second-order valence-electron chi connectivity index (χ2n) is 10.4. The lowest BCUT2D eigenvalue weighted by Crippen LogP contribution is -2.55. The summed E-state index contributed by atoms with van der Waals surface area (Å²) in [5.41, 5.74) is -1.25. The van der Waals surface area contributed by atoms with E-state index in [2.05, 4.69) is 0 Å². The fourth-order valence-corrected chi connectivity index (χ4v) is 6.52. The molecule has 1 unspecified atom stereocenters. The lowest BCUT2D eigenvalue weighted by Gasteiger charge is -2.37. The molecule has 192 valence electrons. The molecule has 0 saturated carbocycles. The molecule has 1 aromatic carbocycles. The number of carbonyl (C=O) groups excluding carboxylic acids is 3. The Morgan fingerprint density at radius 1 is 0.944 bits per heavy atom. The summed E-state index contributed by atoms with van der Waals surface area (Å²) >= 11 is 0. The van der Waals surface area contributed by atoms with Gasteiger partial charge in [0.25, 0.3) is 0 Å². The Hall–Kier alpha value is -2.97. The SMILES string of the molecule is CCCN1CC=C[C@]2(C)O[C@]34C=CCN(Cc5ccccc5)C(=O)C3N(CCCO)C(=O)[C@@H]4[C@@H]2C1=O. The minimum absolute atomic E-state index is 0.0973. The van der Waals surface area contributed by atoms with Crippen molar-refractivity contribution in [1.82, 2.24) is 14.7 Å². The molecule has 8 heteroatoms. The third-order valence-corrected chi connectivity index (χ3v) is 7.99. The first kappa shape index (κ1) is 24.7. The molecule has 1 N–H and O–H groups in total. The second-order valence-corrected chi connectivity index (χ2v) is 10.4. The molecular formula is C28H35N3O5. The van der Waals surface area contributed by atoms with Gasteiger partial charge in [0.05, 0.1) is 17.4 Å². The van der Waals surface area contributed by atoms with Crippen LogP contribution in [0.4, 0.5) is 0 Å². The Bertz CT molecular complexity index is 1090. The van der Waals surface area contributed by atoms with Crippen LogP contribution in [-0.4, -0.2) is 87.6 Å². The normalized spacial score (nSPS) is 33.5. The molecule has 0 bridgehead atoms. The van der Waals surface area contributed by atoms with Crippen molar-refractivity contribution in [2.45, 2.75) is 50.5 Å². The number of aliphatic hydroxyl groups is 1. The van der Waals surface area contributed by atoms with Gasteiger partial charge in [-0.05, 0) is 25.3 Å². The van der Waals surface area contributed by atoms with E-state index in [1.54, 1.807) is 14.7 Å². The lowest BCUT2D eigenvalue weighted by molar-refractivity contribution is -0.153. The maximum atomic E-state index is 14.2. The largest absolute Gasteiger partial charge is 0.396 e. The zero-order valence-electron chi connectivity index (χ0n) is 21.0. The summed E-state index contributed by atoms with van der Waals surface area (Å²) in [6.07, 6.45) is 8.78. The molecule has 4 aliphatic rings. The first-order chi connectivity index (χ1) is 17.4. The van der Waals surface area contributed by atoms with Crippen molar-refractivity contribution >= 4 is 17.7 Å². The molecule has 0 aromatic heterocycles. The number of rotatable bonds is 7. The topological polar surface area (TPSA) is 90.4 Å². The monoisotopic (exact) mass is 493 g/mol. The van der Waals surface area contributed by atoms with E-state index in [4.69, 9.17) is 4.74 Å². The van der Waals surface area contributed by atoms with E-state index in [0.29, 0.717) is 32.6 Å². The smallest absolute Gasteiger partial charge is 0.249 e. The molecule has 0 aliphatic carbocycles. The van der Waals surface area contributed by atoms with Gasteiger partial charge in [-0.2, -0.15) is 0 Å². The van der Waals surface area contributed by atoms with Gasteiger partial charge in [0.1, 0.15) is 11.6 Å². The Morgan fingerprint density at radius 3 is 2.39 bits per heavy atom. The molecule has 8 nitrogen and oxygen atoms in total. The Kier molecular flexibility index (Phi) is 6.51. The molecule has 5 rings (SSSR count). The van der Waals surface area contributed by atoms with E-state index in [0.717, 1.165) is 12.0 Å². The van der Waals surface area contributed by atoms with Gasteiger partial charge >= 0.3 is 0 Å². The average Bonchev–Trinajstić information content (AvgIpc) is 3.14. The highest BCUT2D eigenvalue weighted by Gasteiger charge is 2.74. The average molecular weight is 494 g/mol. The Balaban J connectivity index is 1.58. The van der Waals surface area contributed by atoms with Gasteiger partial charge in [0.15, 0.2) is 0 Å². The molecule has 5 atom stereocenters. The molecular weight excluding hydrogens is 458 g/mol. The van der Waals surface area contributed by atoms with Gasteiger partial charge in [-0.1, -0.05) is 61.6 Å². The quantitative estimate of drug-likeness (QED) is 0.585. The van der Waals surface area contributed by atoms with E-state index in [1.165, 1.54) is 0 Å². The van der Waals surface area contributed by atoms with E-state index in [-0.39, 0.29) is 30.9 Å². The lowest BCUT2D eigenvalue weighted by atomic mass is 9.74. The highest BCUT2D eigenvalue weighted by molar-refractivity contribution is 6.00. The molecule has 1 spiro atoms. The van der Waals surface area contributed by atoms with Gasteiger partial charge in [-0.25, -0.2) is 0 Å². The second kappa shape index (κ2) is 9.48. The minimum Gasteiger partial charge on any atom is -0.396 e. The molecule has 2 fully saturated rings. The number of amides is 3. The fourth-order valence-electron chi connectivity index (χ4n) is 6.52. The zero-order valence-corrected chi connectivity index (χ0v) is 21.0. The van der Waals surface area contributed by atoms with Crippen LogP contribution in [0.1, 0.15) is 32.3 Å². The zero-order chi connectivity index (χ0) is 25.5. The summed E-state index contributed by atoms with van der Waals surface area (Å²) in [7, 11) is 0. The van der Waals surface area contributed by atoms with Crippen LogP contribution in [0.25, 0.3) is 0 Å². The van der Waals surface area contributed by atoms with Crippen molar-refractivity contribution in [3.63, 3.8) is 0 Å². The maximum Gasteiger partial charge on any atom is 0.249 e. The highest BCUT2D eigenvalue weighted by Crippen LogP contribution is 2.57. The van der Waals surface area contributed by atoms with Crippen LogP contribution >= 0.6 is 0 Å². The third kappa shape index (κ3) is 3.78. The van der Waals surface area contributed by atoms with E-state index in [9.17, 15) is 19.5 Å². The molecule has 4 aliphatic heterocycles. The number of benzene rings is 1. The van der Waals surface area contributed by atoms with Crippen molar-refractivity contribution in [2.24, 2.45) is 11.8 Å². The molecule has 4 heterocycles. The van der Waals surface area contributed by atoms with Gasteiger partial charge < -0.3 is 24.5 Å². The standard InChI is InChI=1S/C28H35N3O5/c1-3-14-29-15-7-12-27(2)21(24(29)33)22-25(34)31(17-9-18-32)23-26(35)30(16-8-13-28(22,23)36-27)19-20-10-5-4-6-11-20/h4-8,10-13,21-23,32H,3,9,14-19H2,1-2H3/t21-,22+,23?,27+,28+/m1/s1. The van der Waals surface area contributed by atoms with Crippen molar-refractivity contribution in [1.29, 1.82) is 0 Å². The Labute approximate surface area is 212 Å². The number of likely N-dealkylation sites (tertiary alicyclic amines) is 1. The van der Waals surface area contributed by atoms with Crippen LogP contribution in [-0.2, 0) is 25.7 Å². The number of carbonyl (C=O) groups is 3. The Morgan fingerprint density at radius 2 is 1.67 bits per heavy atom. The number of hydrogen-bond donors (Lipinski definition) is 1. The summed E-state index contributed by atoms with van der Waals surface area (Å²) in [4.78, 5) is 47.2. The first-order valence-corrected chi connectivity index (χ1v) is 12.9. The summed E-state index contributed by atoms with van der Waals surface area (Å²) in [6.45, 7) is 5.89. The summed E-state index contributed by atoms with van der Waals surface area (Å²) < 4.78 is 6.78. The number of aliphatic hydroxyl groups excluding tert-OH is 1. The number of nitrogens with zero attached hydrogens (tertiary/aromatic N) is 3.